The maximum absolute atomic E-state index is 8.36. The fraction of sp³-hybridized carbons (Fsp3) is 0. The largest absolute Gasteiger partial charge is 0.369 e. The van der Waals surface area contributed by atoms with Crippen LogP contribution in [0.2, 0.25) is 0 Å². The van der Waals surface area contributed by atoms with Gasteiger partial charge in [-0.2, -0.15) is 9.64 Å². The Labute approximate surface area is 90.0 Å². The van der Waals surface area contributed by atoms with Crippen LogP contribution >= 0.6 is 11.5 Å². The van der Waals surface area contributed by atoms with Gasteiger partial charge in [-0.1, -0.05) is 12.1 Å². The number of rotatable bonds is 1. The Morgan fingerprint density at radius 1 is 1.60 bits per heavy atom. The number of nitrogens with two attached hydrogens (primary N) is 1. The van der Waals surface area contributed by atoms with E-state index in [9.17, 15) is 0 Å². The van der Waals surface area contributed by atoms with Crippen LogP contribution in [0.25, 0.3) is 10.1 Å². The predicted molar refractivity (Wildman–Crippen MR) is 59.7 cm³/mol. The van der Waals surface area contributed by atoms with Crippen LogP contribution in [0.5, 0.6) is 0 Å². The van der Waals surface area contributed by atoms with Crippen molar-refractivity contribution in [2.75, 3.05) is 0 Å². The number of nitriles is 1. The minimum Gasteiger partial charge on any atom is -0.369 e. The van der Waals surface area contributed by atoms with E-state index in [1.54, 1.807) is 12.4 Å². The molecule has 1 aromatic heterocycles. The summed E-state index contributed by atoms with van der Waals surface area (Å²) in [5.41, 5.74) is 6.19. The van der Waals surface area contributed by atoms with E-state index in [-0.39, 0.29) is 5.96 Å². The fourth-order valence-electron chi connectivity index (χ4n) is 1.18. The SMILES string of the molecule is N#CNC(N)=Nc1cccc2cnsc12. The Bertz CT molecular complexity index is 551. The van der Waals surface area contributed by atoms with E-state index >= 15 is 0 Å². The van der Waals surface area contributed by atoms with Crippen LogP contribution in [0.4, 0.5) is 5.69 Å². The topological polar surface area (TPSA) is 87.1 Å². The standard InChI is InChI=1S/C9H7N5S/c10-5-12-9(11)14-7-3-1-2-6-4-13-15-8(6)7/h1-4H,(H3,11,12,14). The summed E-state index contributed by atoms with van der Waals surface area (Å²) in [5, 5.41) is 11.6. The quantitative estimate of drug-likeness (QED) is 0.326. The monoisotopic (exact) mass is 217 g/mol. The molecule has 5 nitrogen and oxygen atoms in total. The molecule has 0 saturated heterocycles. The first-order chi connectivity index (χ1) is 7.31. The maximum atomic E-state index is 8.36. The lowest BCUT2D eigenvalue weighted by molar-refractivity contribution is 1.22. The third-order valence-electron chi connectivity index (χ3n) is 1.79. The number of benzene rings is 1. The molecule has 2 rings (SSSR count). The lowest BCUT2D eigenvalue weighted by atomic mass is 10.2. The predicted octanol–water partition coefficient (Wildman–Crippen LogP) is 1.31. The van der Waals surface area contributed by atoms with Crippen LogP contribution in [0, 0.1) is 11.5 Å². The number of aliphatic imine (C=N–C) groups is 1. The summed E-state index contributed by atoms with van der Waals surface area (Å²) in [6.45, 7) is 0. The van der Waals surface area contributed by atoms with E-state index in [1.165, 1.54) is 11.5 Å². The molecule has 0 aliphatic carbocycles. The second-order valence-corrected chi connectivity index (χ2v) is 3.56. The maximum Gasteiger partial charge on any atom is 0.207 e. The van der Waals surface area contributed by atoms with Gasteiger partial charge in [0, 0.05) is 11.6 Å². The lowest BCUT2D eigenvalue weighted by Crippen LogP contribution is -2.26. The molecule has 1 heterocycles. The molecule has 15 heavy (non-hydrogen) atoms. The number of nitrogens with one attached hydrogen (secondary N) is 1. The number of nitrogens with zero attached hydrogens (tertiary/aromatic N) is 3. The van der Waals surface area contributed by atoms with Gasteiger partial charge in [0.25, 0.3) is 0 Å². The summed E-state index contributed by atoms with van der Waals surface area (Å²) < 4.78 is 5.02. The average Bonchev–Trinajstić information content (AvgIpc) is 2.67. The molecule has 3 N–H and O–H groups in total. The number of aromatic nitrogens is 1. The molecule has 6 heteroatoms. The van der Waals surface area contributed by atoms with Gasteiger partial charge in [0.2, 0.25) is 5.96 Å². The molecule has 0 fully saturated rings. The van der Waals surface area contributed by atoms with E-state index in [2.05, 4.69) is 14.7 Å². The summed E-state index contributed by atoms with van der Waals surface area (Å²) >= 11 is 1.35. The first kappa shape index (κ1) is 9.43. The summed E-state index contributed by atoms with van der Waals surface area (Å²) in [6.07, 6.45) is 3.48. The first-order valence-corrected chi connectivity index (χ1v) is 4.91. The van der Waals surface area contributed by atoms with Crippen molar-refractivity contribution in [2.24, 2.45) is 10.7 Å². The molecular formula is C9H7N5S. The van der Waals surface area contributed by atoms with Gasteiger partial charge in [-0.05, 0) is 17.6 Å². The molecular weight excluding hydrogens is 210 g/mol. The van der Waals surface area contributed by atoms with Crippen LogP contribution < -0.4 is 11.1 Å². The van der Waals surface area contributed by atoms with Gasteiger partial charge < -0.3 is 5.73 Å². The highest BCUT2D eigenvalue weighted by molar-refractivity contribution is 7.14. The van der Waals surface area contributed by atoms with Crippen molar-refractivity contribution in [3.05, 3.63) is 24.4 Å². The van der Waals surface area contributed by atoms with Gasteiger partial charge in [0.1, 0.15) is 0 Å². The molecule has 74 valence electrons. The van der Waals surface area contributed by atoms with E-state index in [1.807, 2.05) is 18.2 Å². The van der Waals surface area contributed by atoms with Crippen molar-refractivity contribution in [2.45, 2.75) is 0 Å². The normalized spacial score (nSPS) is 11.3. The van der Waals surface area contributed by atoms with Crippen LogP contribution in [0.3, 0.4) is 0 Å². The number of hydrogen-bond acceptors (Lipinski definition) is 4. The third-order valence-corrected chi connectivity index (χ3v) is 2.62. The van der Waals surface area contributed by atoms with Crippen molar-refractivity contribution in [3.63, 3.8) is 0 Å². The van der Waals surface area contributed by atoms with Gasteiger partial charge in [-0.3, -0.25) is 5.32 Å². The van der Waals surface area contributed by atoms with Crippen LogP contribution in [-0.4, -0.2) is 10.3 Å². The summed E-state index contributed by atoms with van der Waals surface area (Å²) in [6, 6.07) is 5.65. The fourth-order valence-corrected chi connectivity index (χ4v) is 1.89. The molecule has 1 aromatic carbocycles. The van der Waals surface area contributed by atoms with Crippen molar-refractivity contribution < 1.29 is 0 Å². The van der Waals surface area contributed by atoms with Crippen LogP contribution in [0.1, 0.15) is 0 Å². The molecule has 0 aliphatic heterocycles. The second kappa shape index (κ2) is 3.94. The third kappa shape index (κ3) is 1.87. The van der Waals surface area contributed by atoms with Crippen LogP contribution in [-0.2, 0) is 0 Å². The van der Waals surface area contributed by atoms with Crippen molar-refractivity contribution >= 4 is 33.3 Å². The summed E-state index contributed by atoms with van der Waals surface area (Å²) in [4.78, 5) is 4.08. The van der Waals surface area contributed by atoms with Crippen molar-refractivity contribution in [3.8, 4) is 6.19 Å². The first-order valence-electron chi connectivity index (χ1n) is 4.14. The van der Waals surface area contributed by atoms with Gasteiger partial charge >= 0.3 is 0 Å². The zero-order valence-electron chi connectivity index (χ0n) is 7.64. The number of fused-ring (bicyclic) bond motifs is 1. The Morgan fingerprint density at radius 3 is 3.27 bits per heavy atom. The van der Waals surface area contributed by atoms with Crippen molar-refractivity contribution in [1.82, 2.24) is 9.69 Å². The van der Waals surface area contributed by atoms with Gasteiger partial charge in [0.15, 0.2) is 6.19 Å². The van der Waals surface area contributed by atoms with Crippen molar-refractivity contribution in [1.29, 1.82) is 5.26 Å². The van der Waals surface area contributed by atoms with Gasteiger partial charge in [0.05, 0.1) is 10.4 Å². The Morgan fingerprint density at radius 2 is 2.47 bits per heavy atom. The van der Waals surface area contributed by atoms with E-state index < -0.39 is 0 Å². The lowest BCUT2D eigenvalue weighted by Gasteiger charge is -1.97. The minimum absolute atomic E-state index is 0.0819. The highest BCUT2D eigenvalue weighted by Gasteiger charge is 2.02. The van der Waals surface area contributed by atoms with Gasteiger partial charge in [-0.15, -0.1) is 0 Å². The Kier molecular flexibility index (Phi) is 2.48. The summed E-state index contributed by atoms with van der Waals surface area (Å²) in [7, 11) is 0. The molecule has 0 atom stereocenters. The molecule has 0 saturated carbocycles. The Hall–Kier alpha value is -2.13. The second-order valence-electron chi connectivity index (χ2n) is 2.76. The van der Waals surface area contributed by atoms with E-state index in [0.717, 1.165) is 15.8 Å². The van der Waals surface area contributed by atoms with Gasteiger partial charge in [-0.25, -0.2) is 4.99 Å². The molecule has 0 unspecified atom stereocenters. The van der Waals surface area contributed by atoms with E-state index in [0.29, 0.717) is 0 Å². The highest BCUT2D eigenvalue weighted by atomic mass is 32.1. The molecule has 2 aromatic rings. The van der Waals surface area contributed by atoms with E-state index in [4.69, 9.17) is 11.0 Å². The minimum atomic E-state index is 0.0819. The summed E-state index contributed by atoms with van der Waals surface area (Å²) in [5.74, 6) is 0.0819. The molecule has 0 amide bonds. The number of hydrogen-bond donors (Lipinski definition) is 2. The highest BCUT2D eigenvalue weighted by Crippen LogP contribution is 2.28. The molecule has 0 aliphatic rings. The zero-order valence-corrected chi connectivity index (χ0v) is 8.45. The zero-order chi connectivity index (χ0) is 10.7. The Balaban J connectivity index is 2.48. The molecule has 0 bridgehead atoms. The smallest absolute Gasteiger partial charge is 0.207 e. The number of guanidine groups is 1. The molecule has 0 spiro atoms. The molecule has 0 radical (unpaired) electrons. The van der Waals surface area contributed by atoms with Crippen LogP contribution in [0.15, 0.2) is 29.4 Å². The average molecular weight is 217 g/mol.